The van der Waals surface area contributed by atoms with Gasteiger partial charge in [0.15, 0.2) is 15.8 Å². The number of carbonyl (C=O) groups is 2. The first-order chi connectivity index (χ1) is 24.4. The van der Waals surface area contributed by atoms with Gasteiger partial charge < -0.3 is 19.3 Å². The Labute approximate surface area is 297 Å². The van der Waals surface area contributed by atoms with Crippen LogP contribution in [0.5, 0.6) is 17.2 Å². The van der Waals surface area contributed by atoms with Crippen molar-refractivity contribution in [3.05, 3.63) is 131 Å². The molecule has 6 rings (SSSR count). The number of thioether (sulfide) groups is 1. The molecule has 0 radical (unpaired) electrons. The Balaban J connectivity index is 1.38. The number of aliphatic hydroxyl groups is 1. The van der Waals surface area contributed by atoms with Crippen LogP contribution in [0, 0.1) is 5.82 Å². The van der Waals surface area contributed by atoms with Crippen LogP contribution in [0.2, 0.25) is 0 Å². The fourth-order valence-electron chi connectivity index (χ4n) is 5.33. The smallest absolute Gasteiger partial charge is 0.301 e. The fourth-order valence-corrected chi connectivity index (χ4v) is 7.15. The molecule has 0 bridgehead atoms. The van der Waals surface area contributed by atoms with E-state index in [1.54, 1.807) is 54.6 Å². The summed E-state index contributed by atoms with van der Waals surface area (Å²) in [5.74, 6) is -0.368. The third-order valence-electron chi connectivity index (χ3n) is 7.74. The molecule has 0 spiro atoms. The molecule has 1 aliphatic rings. The normalized spacial score (nSPS) is 15.3. The van der Waals surface area contributed by atoms with Gasteiger partial charge in [-0.2, -0.15) is 0 Å². The molecule has 50 heavy (non-hydrogen) atoms. The van der Waals surface area contributed by atoms with Crippen LogP contribution in [0.25, 0.3) is 5.76 Å². The molecule has 1 unspecified atom stereocenters. The number of ketones is 1. The second-order valence-electron chi connectivity index (χ2n) is 11.2. The van der Waals surface area contributed by atoms with Gasteiger partial charge in [-0.15, -0.1) is 10.2 Å². The minimum Gasteiger partial charge on any atom is -0.507 e. The average molecular weight is 712 g/mol. The second kappa shape index (κ2) is 16.0. The van der Waals surface area contributed by atoms with Gasteiger partial charge in [0.2, 0.25) is 5.13 Å². The number of amides is 1. The maximum Gasteiger partial charge on any atom is 0.301 e. The van der Waals surface area contributed by atoms with Crippen LogP contribution < -0.4 is 19.1 Å². The van der Waals surface area contributed by atoms with E-state index in [1.165, 1.54) is 28.8 Å². The van der Waals surface area contributed by atoms with Crippen molar-refractivity contribution in [1.29, 1.82) is 0 Å². The van der Waals surface area contributed by atoms with E-state index in [0.29, 0.717) is 58.3 Å². The molecule has 0 aliphatic carbocycles. The first-order valence-corrected chi connectivity index (χ1v) is 17.8. The van der Waals surface area contributed by atoms with E-state index in [0.717, 1.165) is 28.9 Å². The summed E-state index contributed by atoms with van der Waals surface area (Å²) in [4.78, 5) is 28.9. The van der Waals surface area contributed by atoms with E-state index in [9.17, 15) is 19.1 Å². The van der Waals surface area contributed by atoms with E-state index in [-0.39, 0.29) is 22.3 Å². The molecule has 4 aromatic carbocycles. The van der Waals surface area contributed by atoms with Gasteiger partial charge in [-0.25, -0.2) is 4.39 Å². The lowest BCUT2D eigenvalue weighted by Gasteiger charge is -2.23. The Morgan fingerprint density at radius 2 is 1.64 bits per heavy atom. The van der Waals surface area contributed by atoms with Crippen molar-refractivity contribution in [2.75, 3.05) is 18.1 Å². The van der Waals surface area contributed by atoms with Crippen molar-refractivity contribution < 1.29 is 33.3 Å². The zero-order valence-corrected chi connectivity index (χ0v) is 29.0. The largest absolute Gasteiger partial charge is 0.507 e. The van der Waals surface area contributed by atoms with Crippen LogP contribution in [0.1, 0.15) is 48.6 Å². The van der Waals surface area contributed by atoms with Crippen molar-refractivity contribution >= 4 is 45.7 Å². The number of aliphatic hydroxyl groups excluding tert-OH is 1. The maximum atomic E-state index is 13.8. The summed E-state index contributed by atoms with van der Waals surface area (Å²) in [6.07, 6.45) is 0.836. The number of nitrogens with zero attached hydrogens (tertiary/aromatic N) is 3. The summed E-state index contributed by atoms with van der Waals surface area (Å²) in [5, 5.41) is 20.4. The Kier molecular flexibility index (Phi) is 11.1. The molecule has 256 valence electrons. The van der Waals surface area contributed by atoms with Crippen LogP contribution in [0.3, 0.4) is 0 Å². The molecule has 2 heterocycles. The first kappa shape index (κ1) is 34.7. The van der Waals surface area contributed by atoms with Crippen LogP contribution in [-0.4, -0.2) is 40.2 Å². The lowest BCUT2D eigenvalue weighted by Crippen LogP contribution is -2.29. The molecule has 1 atom stereocenters. The van der Waals surface area contributed by atoms with Gasteiger partial charge in [0.1, 0.15) is 23.9 Å². The molecule has 1 aromatic heterocycles. The molecule has 0 saturated carbocycles. The van der Waals surface area contributed by atoms with E-state index in [2.05, 4.69) is 10.2 Å². The van der Waals surface area contributed by atoms with Crippen molar-refractivity contribution in [1.82, 2.24) is 10.2 Å². The summed E-state index contributed by atoms with van der Waals surface area (Å²) in [6, 6.07) is 26.7. The predicted octanol–water partition coefficient (Wildman–Crippen LogP) is 8.36. The third-order valence-corrected chi connectivity index (χ3v) is 9.87. The molecule has 1 amide bonds. The number of aromatic nitrogens is 2. The molecule has 1 fully saturated rings. The van der Waals surface area contributed by atoms with Gasteiger partial charge in [-0.05, 0) is 78.6 Å². The number of halogens is 1. The maximum absolute atomic E-state index is 13.8. The van der Waals surface area contributed by atoms with Crippen molar-refractivity contribution in [2.45, 2.75) is 43.0 Å². The van der Waals surface area contributed by atoms with E-state index < -0.39 is 17.7 Å². The molecule has 1 aliphatic heterocycles. The van der Waals surface area contributed by atoms with Gasteiger partial charge >= 0.3 is 5.91 Å². The summed E-state index contributed by atoms with van der Waals surface area (Å²) >= 11 is 2.52. The molecular formula is C38H34FN3O6S2. The molecule has 9 nitrogen and oxygen atoms in total. The van der Waals surface area contributed by atoms with Crippen LogP contribution in [0.4, 0.5) is 9.52 Å². The molecule has 5 aromatic rings. The van der Waals surface area contributed by atoms with Gasteiger partial charge in [-0.1, -0.05) is 78.6 Å². The van der Waals surface area contributed by atoms with Crippen molar-refractivity contribution in [3.8, 4) is 17.2 Å². The fraction of sp³-hybridized carbons (Fsp3) is 0.211. The molecule has 1 N–H and O–H groups in total. The number of hydrogen-bond acceptors (Lipinski definition) is 10. The number of rotatable bonds is 14. The lowest BCUT2D eigenvalue weighted by molar-refractivity contribution is -0.132. The summed E-state index contributed by atoms with van der Waals surface area (Å²) < 4.78 is 31.7. The average Bonchev–Trinajstić information content (AvgIpc) is 3.71. The van der Waals surface area contributed by atoms with Crippen molar-refractivity contribution in [3.63, 3.8) is 0 Å². The topological polar surface area (TPSA) is 111 Å². The van der Waals surface area contributed by atoms with Crippen LogP contribution in [0.15, 0.2) is 107 Å². The summed E-state index contributed by atoms with van der Waals surface area (Å²) in [5.41, 5.74) is 2.60. The van der Waals surface area contributed by atoms with Crippen molar-refractivity contribution in [2.24, 2.45) is 0 Å². The number of benzene rings is 4. The Morgan fingerprint density at radius 3 is 2.36 bits per heavy atom. The molecular weight excluding hydrogens is 678 g/mol. The number of anilines is 1. The highest BCUT2D eigenvalue weighted by Crippen LogP contribution is 2.46. The van der Waals surface area contributed by atoms with Gasteiger partial charge in [-0.3, -0.25) is 14.5 Å². The highest BCUT2D eigenvalue weighted by Gasteiger charge is 2.48. The van der Waals surface area contributed by atoms with E-state index >= 15 is 0 Å². The monoisotopic (exact) mass is 711 g/mol. The standard InChI is InChI=1S/C38H34FN3O6S2/c1-3-20-47-29-17-12-26(13-18-29)34(43)32-33(27-14-19-30(31(21-27)46-4-2)48-22-24-8-6-5-7-9-24)42(36(45)35(32)44)37-40-41-38(50-37)49-23-25-10-15-28(39)16-11-25/h5-19,21,33,43H,3-4,20,22-23H2,1-2H3/b34-32+. The Bertz CT molecular complexity index is 1980. The predicted molar refractivity (Wildman–Crippen MR) is 191 cm³/mol. The van der Waals surface area contributed by atoms with Gasteiger partial charge in [0.05, 0.1) is 24.8 Å². The minimum atomic E-state index is -1.06. The number of Topliss-reactive ketones (excluding diaryl/α,β-unsaturated/α-hetero) is 1. The summed E-state index contributed by atoms with van der Waals surface area (Å²) in [6.45, 7) is 5.03. The Morgan fingerprint density at radius 1 is 0.880 bits per heavy atom. The highest BCUT2D eigenvalue weighted by atomic mass is 32.2. The zero-order chi connectivity index (χ0) is 35.0. The first-order valence-electron chi connectivity index (χ1n) is 16.0. The minimum absolute atomic E-state index is 0.103. The highest BCUT2D eigenvalue weighted by molar-refractivity contribution is 8.00. The number of ether oxygens (including phenoxy) is 3. The van der Waals surface area contributed by atoms with Crippen LogP contribution in [-0.2, 0) is 21.9 Å². The quantitative estimate of drug-likeness (QED) is 0.0399. The van der Waals surface area contributed by atoms with Gasteiger partial charge in [0.25, 0.3) is 5.78 Å². The number of hydrogen-bond donors (Lipinski definition) is 1. The Hall–Kier alpha value is -5.20. The molecule has 12 heteroatoms. The lowest BCUT2D eigenvalue weighted by atomic mass is 9.95. The van der Waals surface area contributed by atoms with E-state index in [4.69, 9.17) is 14.2 Å². The molecule has 1 saturated heterocycles. The number of carbonyl (C=O) groups excluding carboxylic acids is 2. The zero-order valence-electron chi connectivity index (χ0n) is 27.4. The third kappa shape index (κ3) is 7.82. The van der Waals surface area contributed by atoms with E-state index in [1.807, 2.05) is 44.2 Å². The van der Waals surface area contributed by atoms with Crippen LogP contribution >= 0.6 is 23.1 Å². The second-order valence-corrected chi connectivity index (χ2v) is 13.4. The summed E-state index contributed by atoms with van der Waals surface area (Å²) in [7, 11) is 0. The van der Waals surface area contributed by atoms with Gasteiger partial charge in [0, 0.05) is 11.3 Å². The SMILES string of the molecule is CCCOc1ccc(/C(O)=C2\C(=O)C(=O)N(c3nnc(SCc4ccc(F)cc4)s3)C2c2ccc(OCc3ccccc3)c(OCC)c2)cc1.